The summed E-state index contributed by atoms with van der Waals surface area (Å²) in [5.41, 5.74) is 5.25. The Morgan fingerprint density at radius 2 is 2.09 bits per heavy atom. The second-order valence-electron chi connectivity index (χ2n) is 2.47. The molecule has 0 fully saturated rings. The molecular weight excluding hydrogens is 146 g/mol. The lowest BCUT2D eigenvalue weighted by Crippen LogP contribution is -2.31. The first-order valence-corrected chi connectivity index (χ1v) is 3.53. The standard InChI is InChI=1S/C7H15NO3/c1-5(10-3)4-11-7(9)6(2)8/h5-6H,4,8H2,1-3H3. The summed E-state index contributed by atoms with van der Waals surface area (Å²) >= 11 is 0. The van der Waals surface area contributed by atoms with Gasteiger partial charge >= 0.3 is 5.97 Å². The van der Waals surface area contributed by atoms with Crippen LogP contribution in [0.2, 0.25) is 0 Å². The van der Waals surface area contributed by atoms with E-state index in [0.717, 1.165) is 0 Å². The van der Waals surface area contributed by atoms with Gasteiger partial charge in [0.25, 0.3) is 0 Å². The average Bonchev–Trinajstić information content (AvgIpc) is 1.99. The Balaban J connectivity index is 3.46. The van der Waals surface area contributed by atoms with Crippen molar-refractivity contribution in [2.45, 2.75) is 26.0 Å². The number of nitrogens with two attached hydrogens (primary N) is 1. The van der Waals surface area contributed by atoms with Crippen LogP contribution in [0.4, 0.5) is 0 Å². The Bertz CT molecular complexity index is 125. The number of ether oxygens (including phenoxy) is 2. The van der Waals surface area contributed by atoms with Gasteiger partial charge < -0.3 is 15.2 Å². The minimum absolute atomic E-state index is 0.0716. The van der Waals surface area contributed by atoms with Crippen molar-refractivity contribution < 1.29 is 14.3 Å². The third kappa shape index (κ3) is 4.75. The monoisotopic (exact) mass is 161 g/mol. The Morgan fingerprint density at radius 3 is 2.45 bits per heavy atom. The number of rotatable bonds is 4. The molecule has 0 heterocycles. The van der Waals surface area contributed by atoms with Crippen LogP contribution >= 0.6 is 0 Å². The van der Waals surface area contributed by atoms with Crippen LogP contribution < -0.4 is 5.73 Å². The van der Waals surface area contributed by atoms with E-state index in [-0.39, 0.29) is 12.7 Å². The lowest BCUT2D eigenvalue weighted by Gasteiger charge is -2.11. The molecule has 4 nitrogen and oxygen atoms in total. The first kappa shape index (κ1) is 10.4. The van der Waals surface area contributed by atoms with Crippen LogP contribution in [0.15, 0.2) is 0 Å². The number of carbonyl (C=O) groups excluding carboxylic acids is 1. The molecule has 0 bridgehead atoms. The van der Waals surface area contributed by atoms with Gasteiger partial charge in [-0.1, -0.05) is 0 Å². The van der Waals surface area contributed by atoms with E-state index in [1.54, 1.807) is 14.0 Å². The summed E-state index contributed by atoms with van der Waals surface area (Å²) < 4.78 is 9.63. The zero-order valence-electron chi connectivity index (χ0n) is 7.16. The molecular formula is C7H15NO3. The molecule has 11 heavy (non-hydrogen) atoms. The van der Waals surface area contributed by atoms with Crippen molar-refractivity contribution in [3.8, 4) is 0 Å². The van der Waals surface area contributed by atoms with E-state index in [1.165, 1.54) is 0 Å². The molecule has 0 aromatic carbocycles. The fourth-order valence-electron chi connectivity index (χ4n) is 0.399. The van der Waals surface area contributed by atoms with Gasteiger partial charge in [0.15, 0.2) is 0 Å². The van der Waals surface area contributed by atoms with Gasteiger partial charge in [0.05, 0.1) is 6.10 Å². The van der Waals surface area contributed by atoms with Crippen molar-refractivity contribution in [1.82, 2.24) is 0 Å². The SMILES string of the molecule is COC(C)COC(=O)C(C)N. The summed E-state index contributed by atoms with van der Waals surface area (Å²) in [7, 11) is 1.56. The van der Waals surface area contributed by atoms with E-state index in [9.17, 15) is 4.79 Å². The van der Waals surface area contributed by atoms with Gasteiger partial charge in [-0.2, -0.15) is 0 Å². The smallest absolute Gasteiger partial charge is 0.322 e. The highest BCUT2D eigenvalue weighted by molar-refractivity contribution is 5.74. The summed E-state index contributed by atoms with van der Waals surface area (Å²) in [6, 6.07) is -0.556. The van der Waals surface area contributed by atoms with Crippen molar-refractivity contribution in [2.24, 2.45) is 5.73 Å². The van der Waals surface area contributed by atoms with Gasteiger partial charge in [0.1, 0.15) is 12.6 Å². The summed E-state index contributed by atoms with van der Waals surface area (Å²) in [5.74, 6) is -0.395. The first-order chi connectivity index (χ1) is 5.07. The minimum atomic E-state index is -0.556. The molecule has 0 aromatic heterocycles. The Morgan fingerprint density at radius 1 is 1.55 bits per heavy atom. The molecule has 0 saturated carbocycles. The van der Waals surface area contributed by atoms with E-state index in [4.69, 9.17) is 15.2 Å². The van der Waals surface area contributed by atoms with Gasteiger partial charge in [-0.15, -0.1) is 0 Å². The molecule has 2 unspecified atom stereocenters. The van der Waals surface area contributed by atoms with E-state index in [0.29, 0.717) is 0 Å². The molecule has 0 rings (SSSR count). The molecule has 0 spiro atoms. The fraction of sp³-hybridized carbons (Fsp3) is 0.857. The topological polar surface area (TPSA) is 61.5 Å². The molecule has 0 radical (unpaired) electrons. The Hall–Kier alpha value is -0.610. The highest BCUT2D eigenvalue weighted by Gasteiger charge is 2.09. The minimum Gasteiger partial charge on any atom is -0.462 e. The van der Waals surface area contributed by atoms with Crippen molar-refractivity contribution in [3.05, 3.63) is 0 Å². The maximum atomic E-state index is 10.8. The largest absolute Gasteiger partial charge is 0.462 e. The van der Waals surface area contributed by atoms with E-state index >= 15 is 0 Å². The summed E-state index contributed by atoms with van der Waals surface area (Å²) in [5, 5.41) is 0. The van der Waals surface area contributed by atoms with Gasteiger partial charge in [-0.25, -0.2) is 0 Å². The van der Waals surface area contributed by atoms with Crippen LogP contribution in [-0.4, -0.2) is 31.8 Å². The van der Waals surface area contributed by atoms with Crippen molar-refractivity contribution in [2.75, 3.05) is 13.7 Å². The summed E-state index contributed by atoms with van der Waals surface area (Å²) in [6.45, 7) is 3.66. The van der Waals surface area contributed by atoms with Crippen LogP contribution in [0, 0.1) is 0 Å². The van der Waals surface area contributed by atoms with E-state index in [2.05, 4.69) is 0 Å². The highest BCUT2D eigenvalue weighted by Crippen LogP contribution is 1.91. The molecule has 0 aliphatic rings. The zero-order valence-corrected chi connectivity index (χ0v) is 7.16. The fourth-order valence-corrected chi connectivity index (χ4v) is 0.399. The molecule has 2 N–H and O–H groups in total. The van der Waals surface area contributed by atoms with Gasteiger partial charge in [-0.05, 0) is 13.8 Å². The Kier molecular flexibility index (Phi) is 4.81. The molecule has 0 aromatic rings. The van der Waals surface area contributed by atoms with Crippen LogP contribution in [0.5, 0.6) is 0 Å². The second kappa shape index (κ2) is 5.09. The Labute approximate surface area is 66.7 Å². The van der Waals surface area contributed by atoms with Gasteiger partial charge in [0.2, 0.25) is 0 Å². The third-order valence-electron chi connectivity index (χ3n) is 1.23. The van der Waals surface area contributed by atoms with Crippen molar-refractivity contribution in [3.63, 3.8) is 0 Å². The number of hydrogen-bond acceptors (Lipinski definition) is 4. The van der Waals surface area contributed by atoms with Crippen LogP contribution in [0.1, 0.15) is 13.8 Å². The first-order valence-electron chi connectivity index (χ1n) is 3.53. The van der Waals surface area contributed by atoms with Crippen LogP contribution in [0.3, 0.4) is 0 Å². The van der Waals surface area contributed by atoms with Crippen molar-refractivity contribution >= 4 is 5.97 Å². The molecule has 2 atom stereocenters. The quantitative estimate of drug-likeness (QED) is 0.585. The molecule has 0 saturated heterocycles. The molecule has 0 aliphatic heterocycles. The molecule has 66 valence electrons. The predicted octanol–water partition coefficient (Wildman–Crippen LogP) is -0.0883. The summed E-state index contributed by atoms with van der Waals surface area (Å²) in [4.78, 5) is 10.8. The van der Waals surface area contributed by atoms with E-state index < -0.39 is 12.0 Å². The van der Waals surface area contributed by atoms with Crippen molar-refractivity contribution in [1.29, 1.82) is 0 Å². The number of esters is 1. The van der Waals surface area contributed by atoms with Gasteiger partial charge in [-0.3, -0.25) is 4.79 Å². The number of methoxy groups -OCH3 is 1. The lowest BCUT2D eigenvalue weighted by molar-refractivity contribution is -0.147. The second-order valence-corrected chi connectivity index (χ2v) is 2.47. The number of carbonyl (C=O) groups is 1. The summed E-state index contributed by atoms with van der Waals surface area (Å²) in [6.07, 6.45) is -0.0716. The highest BCUT2D eigenvalue weighted by atomic mass is 16.6. The van der Waals surface area contributed by atoms with Crippen LogP contribution in [-0.2, 0) is 14.3 Å². The molecule has 0 amide bonds. The van der Waals surface area contributed by atoms with Crippen LogP contribution in [0.25, 0.3) is 0 Å². The molecule has 4 heteroatoms. The normalized spacial score (nSPS) is 15.6. The average molecular weight is 161 g/mol. The maximum absolute atomic E-state index is 10.8. The maximum Gasteiger partial charge on any atom is 0.322 e. The molecule has 0 aliphatic carbocycles. The lowest BCUT2D eigenvalue weighted by atomic mass is 10.4. The number of hydrogen-bond donors (Lipinski definition) is 1. The predicted molar refractivity (Wildman–Crippen MR) is 41.1 cm³/mol. The van der Waals surface area contributed by atoms with E-state index in [1.807, 2.05) is 6.92 Å². The van der Waals surface area contributed by atoms with Gasteiger partial charge in [0, 0.05) is 7.11 Å². The zero-order chi connectivity index (χ0) is 8.85. The third-order valence-corrected chi connectivity index (χ3v) is 1.23.